The Balaban J connectivity index is 2.60. The first kappa shape index (κ1) is 12.0. The second-order valence-electron chi connectivity index (χ2n) is 3.43. The number of carboxylic acid groups (broad SMARTS) is 1. The number of benzene rings is 1. The van der Waals surface area contributed by atoms with Crippen molar-refractivity contribution in [3.8, 4) is 5.75 Å². The van der Waals surface area contributed by atoms with Crippen molar-refractivity contribution >= 4 is 12.1 Å². The maximum atomic E-state index is 11.4. The fourth-order valence-electron chi connectivity index (χ4n) is 1.13. The van der Waals surface area contributed by atoms with Crippen LogP contribution in [0.2, 0.25) is 0 Å². The lowest BCUT2D eigenvalue weighted by atomic mass is 10.2. The highest BCUT2D eigenvalue weighted by molar-refractivity contribution is 5.77. The molecule has 0 fully saturated rings. The van der Waals surface area contributed by atoms with E-state index in [0.717, 1.165) is 10.5 Å². The monoisotopic (exact) mass is 223 g/mol. The van der Waals surface area contributed by atoms with Crippen molar-refractivity contribution in [2.75, 3.05) is 13.6 Å². The molecule has 0 saturated carbocycles. The van der Waals surface area contributed by atoms with E-state index in [1.54, 1.807) is 18.2 Å². The van der Waals surface area contributed by atoms with Crippen LogP contribution >= 0.6 is 0 Å². The maximum absolute atomic E-state index is 11.4. The van der Waals surface area contributed by atoms with E-state index in [1.807, 2.05) is 13.0 Å². The predicted molar refractivity (Wildman–Crippen MR) is 57.5 cm³/mol. The molecule has 0 aliphatic carbocycles. The van der Waals surface area contributed by atoms with E-state index in [2.05, 4.69) is 0 Å². The average Bonchev–Trinajstić information content (AvgIpc) is 2.16. The summed E-state index contributed by atoms with van der Waals surface area (Å²) in [5, 5.41) is 8.49. The molecule has 0 aliphatic rings. The van der Waals surface area contributed by atoms with Crippen molar-refractivity contribution in [2.24, 2.45) is 0 Å². The van der Waals surface area contributed by atoms with Crippen LogP contribution in [0.4, 0.5) is 4.79 Å². The summed E-state index contributed by atoms with van der Waals surface area (Å²) in [6.07, 6.45) is -0.687. The average molecular weight is 223 g/mol. The van der Waals surface area contributed by atoms with Crippen LogP contribution in [0.3, 0.4) is 0 Å². The number of carbonyl (C=O) groups is 2. The number of aliphatic carboxylic acids is 1. The highest BCUT2D eigenvalue weighted by Gasteiger charge is 2.13. The summed E-state index contributed by atoms with van der Waals surface area (Å²) in [7, 11) is 1.37. The number of hydrogen-bond donors (Lipinski definition) is 1. The number of rotatable bonds is 3. The van der Waals surface area contributed by atoms with Crippen LogP contribution in [-0.2, 0) is 4.79 Å². The molecule has 1 amide bonds. The summed E-state index contributed by atoms with van der Waals surface area (Å²) in [4.78, 5) is 22.8. The molecule has 1 aromatic rings. The van der Waals surface area contributed by atoms with Crippen molar-refractivity contribution in [3.63, 3.8) is 0 Å². The number of nitrogens with zero attached hydrogens (tertiary/aromatic N) is 1. The van der Waals surface area contributed by atoms with Gasteiger partial charge in [0.25, 0.3) is 0 Å². The summed E-state index contributed by atoms with van der Waals surface area (Å²) in [6.45, 7) is 1.49. The SMILES string of the molecule is Cc1cccc(OC(=O)N(C)CC(=O)O)c1. The van der Waals surface area contributed by atoms with Gasteiger partial charge in [0.1, 0.15) is 12.3 Å². The summed E-state index contributed by atoms with van der Waals surface area (Å²) in [5.74, 6) is -0.675. The van der Waals surface area contributed by atoms with E-state index in [-0.39, 0.29) is 6.54 Å². The number of carboxylic acids is 1. The molecule has 5 nitrogen and oxygen atoms in total. The normalized spacial score (nSPS) is 9.62. The lowest BCUT2D eigenvalue weighted by molar-refractivity contribution is -0.137. The fourth-order valence-corrected chi connectivity index (χ4v) is 1.13. The molecule has 0 aliphatic heterocycles. The Morgan fingerprint density at radius 1 is 1.44 bits per heavy atom. The Bertz CT molecular complexity index is 403. The summed E-state index contributed by atoms with van der Waals surface area (Å²) >= 11 is 0. The van der Waals surface area contributed by atoms with E-state index in [0.29, 0.717) is 5.75 Å². The Morgan fingerprint density at radius 2 is 2.12 bits per heavy atom. The molecular weight excluding hydrogens is 210 g/mol. The predicted octanol–water partition coefficient (Wildman–Crippen LogP) is 1.51. The third-order valence-electron chi connectivity index (χ3n) is 1.88. The van der Waals surface area contributed by atoms with E-state index < -0.39 is 12.1 Å². The topological polar surface area (TPSA) is 66.8 Å². The number of carbonyl (C=O) groups excluding carboxylic acids is 1. The van der Waals surface area contributed by atoms with Gasteiger partial charge in [-0.05, 0) is 24.6 Å². The first-order valence-electron chi connectivity index (χ1n) is 4.70. The lowest BCUT2D eigenvalue weighted by Gasteiger charge is -2.14. The van der Waals surface area contributed by atoms with E-state index in [9.17, 15) is 9.59 Å². The molecule has 0 saturated heterocycles. The smallest absolute Gasteiger partial charge is 0.415 e. The van der Waals surface area contributed by atoms with Crippen LogP contribution in [0, 0.1) is 6.92 Å². The number of amides is 1. The van der Waals surface area contributed by atoms with Crippen molar-refractivity contribution in [3.05, 3.63) is 29.8 Å². The molecule has 5 heteroatoms. The van der Waals surface area contributed by atoms with E-state index in [1.165, 1.54) is 7.05 Å². The molecule has 86 valence electrons. The molecule has 0 radical (unpaired) electrons. The van der Waals surface area contributed by atoms with Gasteiger partial charge in [-0.2, -0.15) is 0 Å². The van der Waals surface area contributed by atoms with Crippen LogP contribution < -0.4 is 4.74 Å². The summed E-state index contributed by atoms with van der Waals surface area (Å²) in [6, 6.07) is 6.97. The summed E-state index contributed by atoms with van der Waals surface area (Å²) < 4.78 is 4.98. The van der Waals surface area contributed by atoms with Crippen molar-refractivity contribution in [1.82, 2.24) is 4.90 Å². The molecule has 0 spiro atoms. The van der Waals surface area contributed by atoms with Gasteiger partial charge in [-0.1, -0.05) is 12.1 Å². The van der Waals surface area contributed by atoms with Crippen molar-refractivity contribution < 1.29 is 19.4 Å². The molecule has 1 aromatic carbocycles. The Labute approximate surface area is 93.2 Å². The molecule has 0 heterocycles. The molecular formula is C11H13NO4. The molecule has 0 aromatic heterocycles. The third kappa shape index (κ3) is 3.61. The molecule has 0 bridgehead atoms. The second-order valence-corrected chi connectivity index (χ2v) is 3.43. The highest BCUT2D eigenvalue weighted by Crippen LogP contribution is 2.13. The van der Waals surface area contributed by atoms with Gasteiger partial charge in [0, 0.05) is 7.05 Å². The standard InChI is InChI=1S/C11H13NO4/c1-8-4-3-5-9(6-8)16-11(15)12(2)7-10(13)14/h3-6H,7H2,1-2H3,(H,13,14). The van der Waals surface area contributed by atoms with Gasteiger partial charge >= 0.3 is 12.1 Å². The van der Waals surface area contributed by atoms with Gasteiger partial charge in [0.2, 0.25) is 0 Å². The number of hydrogen-bond acceptors (Lipinski definition) is 3. The van der Waals surface area contributed by atoms with Gasteiger partial charge in [0.05, 0.1) is 0 Å². The van der Waals surface area contributed by atoms with E-state index >= 15 is 0 Å². The zero-order valence-electron chi connectivity index (χ0n) is 9.14. The minimum absolute atomic E-state index is 0.384. The summed E-state index contributed by atoms with van der Waals surface area (Å²) in [5.41, 5.74) is 0.964. The quantitative estimate of drug-likeness (QED) is 0.843. The molecule has 1 N–H and O–H groups in total. The number of ether oxygens (including phenoxy) is 1. The second kappa shape index (κ2) is 5.16. The highest BCUT2D eigenvalue weighted by atomic mass is 16.6. The lowest BCUT2D eigenvalue weighted by Crippen LogP contribution is -2.34. The largest absolute Gasteiger partial charge is 0.480 e. The minimum Gasteiger partial charge on any atom is -0.480 e. The van der Waals surface area contributed by atoms with Crippen molar-refractivity contribution in [2.45, 2.75) is 6.92 Å². The number of aryl methyl sites for hydroxylation is 1. The van der Waals surface area contributed by atoms with E-state index in [4.69, 9.17) is 9.84 Å². The van der Waals surface area contributed by atoms with Crippen molar-refractivity contribution in [1.29, 1.82) is 0 Å². The molecule has 0 atom stereocenters. The van der Waals surface area contributed by atoms with Gasteiger partial charge in [-0.15, -0.1) is 0 Å². The first-order chi connectivity index (χ1) is 7.49. The fraction of sp³-hybridized carbons (Fsp3) is 0.273. The van der Waals surface area contributed by atoms with Gasteiger partial charge < -0.3 is 9.84 Å². The van der Waals surface area contributed by atoms with Crippen LogP contribution in [-0.4, -0.2) is 35.7 Å². The van der Waals surface area contributed by atoms with Gasteiger partial charge in [-0.3, -0.25) is 9.69 Å². The Hall–Kier alpha value is -2.04. The molecule has 0 unspecified atom stereocenters. The Morgan fingerprint density at radius 3 is 2.69 bits per heavy atom. The third-order valence-corrected chi connectivity index (χ3v) is 1.88. The zero-order valence-corrected chi connectivity index (χ0v) is 9.14. The maximum Gasteiger partial charge on any atom is 0.415 e. The van der Waals surface area contributed by atoms with Crippen LogP contribution in [0.15, 0.2) is 24.3 Å². The van der Waals surface area contributed by atoms with Crippen LogP contribution in [0.25, 0.3) is 0 Å². The van der Waals surface area contributed by atoms with Crippen LogP contribution in [0.1, 0.15) is 5.56 Å². The minimum atomic E-state index is -1.08. The Kier molecular flexibility index (Phi) is 3.88. The molecule has 1 rings (SSSR count). The zero-order chi connectivity index (χ0) is 12.1. The number of likely N-dealkylation sites (N-methyl/N-ethyl adjacent to an activating group) is 1. The molecule has 16 heavy (non-hydrogen) atoms. The van der Waals surface area contributed by atoms with Gasteiger partial charge in [-0.25, -0.2) is 4.79 Å². The van der Waals surface area contributed by atoms with Gasteiger partial charge in [0.15, 0.2) is 0 Å². The first-order valence-corrected chi connectivity index (χ1v) is 4.70. The van der Waals surface area contributed by atoms with Crippen LogP contribution in [0.5, 0.6) is 5.75 Å².